The van der Waals surface area contributed by atoms with Crippen LogP contribution in [0.3, 0.4) is 0 Å². The third kappa shape index (κ3) is 2.99. The Hall–Kier alpha value is -1.06. The van der Waals surface area contributed by atoms with Crippen molar-refractivity contribution in [3.8, 4) is 5.75 Å². The number of likely N-dealkylation sites (tertiary alicyclic amines) is 1. The molecule has 110 valence electrons. The van der Waals surface area contributed by atoms with Crippen LogP contribution < -0.4 is 10.1 Å². The van der Waals surface area contributed by atoms with Gasteiger partial charge < -0.3 is 10.1 Å². The third-order valence-electron chi connectivity index (χ3n) is 4.63. The van der Waals surface area contributed by atoms with Gasteiger partial charge in [-0.3, -0.25) is 4.90 Å². The fourth-order valence-corrected chi connectivity index (χ4v) is 3.51. The number of piperidine rings is 1. The summed E-state index contributed by atoms with van der Waals surface area (Å²) in [4.78, 5) is 2.68. The average molecular weight is 274 g/mol. The largest absolute Gasteiger partial charge is 0.493 e. The topological polar surface area (TPSA) is 24.5 Å². The molecule has 1 aromatic carbocycles. The molecule has 1 saturated heterocycles. The molecule has 3 rings (SSSR count). The van der Waals surface area contributed by atoms with Gasteiger partial charge in [0.15, 0.2) is 0 Å². The summed E-state index contributed by atoms with van der Waals surface area (Å²) in [6.45, 7) is 7.63. The first kappa shape index (κ1) is 13.9. The molecule has 1 fully saturated rings. The summed E-state index contributed by atoms with van der Waals surface area (Å²) in [6, 6.07) is 9.23. The predicted octanol–water partition coefficient (Wildman–Crippen LogP) is 2.63. The standard InChI is InChI=1S/C17H26N2O/c1-2-18-11-15-7-5-6-10-19(15)12-14-13-20-17-9-4-3-8-16(14)17/h3-4,8-9,14-15,18H,2,5-7,10-13H2,1H3. The van der Waals surface area contributed by atoms with E-state index in [1.54, 1.807) is 0 Å². The highest BCUT2D eigenvalue weighted by Crippen LogP contribution is 2.34. The van der Waals surface area contributed by atoms with Crippen LogP contribution in [0.5, 0.6) is 5.75 Å². The number of rotatable bonds is 5. The minimum atomic E-state index is 0.549. The zero-order valence-electron chi connectivity index (χ0n) is 12.5. The summed E-state index contributed by atoms with van der Waals surface area (Å²) in [5, 5.41) is 3.52. The van der Waals surface area contributed by atoms with Gasteiger partial charge in [0.25, 0.3) is 0 Å². The van der Waals surface area contributed by atoms with Gasteiger partial charge in [-0.1, -0.05) is 31.5 Å². The van der Waals surface area contributed by atoms with Crippen LogP contribution in [0.25, 0.3) is 0 Å². The number of fused-ring (bicyclic) bond motifs is 1. The minimum absolute atomic E-state index is 0.549. The Labute approximate surface area is 122 Å². The molecule has 1 aromatic rings. The lowest BCUT2D eigenvalue weighted by atomic mass is 9.96. The average Bonchev–Trinajstić information content (AvgIpc) is 2.90. The summed E-state index contributed by atoms with van der Waals surface area (Å²) in [5.74, 6) is 1.64. The fraction of sp³-hybridized carbons (Fsp3) is 0.647. The first-order valence-corrected chi connectivity index (χ1v) is 8.05. The van der Waals surface area contributed by atoms with Crippen LogP contribution in [0.2, 0.25) is 0 Å². The van der Waals surface area contributed by atoms with Crippen LogP contribution in [0.4, 0.5) is 0 Å². The molecular weight excluding hydrogens is 248 g/mol. The molecule has 0 bridgehead atoms. The van der Waals surface area contributed by atoms with E-state index in [2.05, 4.69) is 41.4 Å². The second kappa shape index (κ2) is 6.59. The van der Waals surface area contributed by atoms with Crippen LogP contribution >= 0.6 is 0 Å². The summed E-state index contributed by atoms with van der Waals surface area (Å²) in [5.41, 5.74) is 1.40. The molecule has 0 radical (unpaired) electrons. The monoisotopic (exact) mass is 274 g/mol. The quantitative estimate of drug-likeness (QED) is 0.893. The summed E-state index contributed by atoms with van der Waals surface area (Å²) in [6.07, 6.45) is 4.06. The number of nitrogens with zero attached hydrogens (tertiary/aromatic N) is 1. The van der Waals surface area contributed by atoms with Crippen LogP contribution in [0, 0.1) is 0 Å². The van der Waals surface area contributed by atoms with Crippen LogP contribution in [0.15, 0.2) is 24.3 Å². The Morgan fingerprint density at radius 2 is 2.20 bits per heavy atom. The van der Waals surface area contributed by atoms with Crippen molar-refractivity contribution >= 4 is 0 Å². The van der Waals surface area contributed by atoms with E-state index in [-0.39, 0.29) is 0 Å². The molecule has 2 aliphatic rings. The number of hydrogen-bond acceptors (Lipinski definition) is 3. The van der Waals surface area contributed by atoms with Crippen molar-refractivity contribution in [2.24, 2.45) is 0 Å². The number of para-hydroxylation sites is 1. The van der Waals surface area contributed by atoms with Crippen molar-refractivity contribution < 1.29 is 4.74 Å². The Morgan fingerprint density at radius 1 is 1.30 bits per heavy atom. The van der Waals surface area contributed by atoms with E-state index >= 15 is 0 Å². The smallest absolute Gasteiger partial charge is 0.122 e. The minimum Gasteiger partial charge on any atom is -0.493 e. The highest BCUT2D eigenvalue weighted by molar-refractivity contribution is 5.39. The molecule has 0 aliphatic carbocycles. The van der Waals surface area contributed by atoms with Gasteiger partial charge in [-0.25, -0.2) is 0 Å². The van der Waals surface area contributed by atoms with Crippen molar-refractivity contribution in [2.75, 3.05) is 32.8 Å². The molecule has 1 N–H and O–H groups in total. The molecule has 2 atom stereocenters. The van der Waals surface area contributed by atoms with Gasteiger partial charge in [-0.2, -0.15) is 0 Å². The van der Waals surface area contributed by atoms with Gasteiger partial charge >= 0.3 is 0 Å². The maximum absolute atomic E-state index is 5.83. The Balaban J connectivity index is 1.64. The van der Waals surface area contributed by atoms with E-state index in [4.69, 9.17) is 4.74 Å². The maximum Gasteiger partial charge on any atom is 0.122 e. The zero-order valence-corrected chi connectivity index (χ0v) is 12.5. The number of benzene rings is 1. The molecule has 3 nitrogen and oxygen atoms in total. The van der Waals surface area contributed by atoms with E-state index in [1.807, 2.05) is 0 Å². The molecule has 0 amide bonds. The van der Waals surface area contributed by atoms with E-state index in [0.717, 1.165) is 32.0 Å². The summed E-state index contributed by atoms with van der Waals surface area (Å²) >= 11 is 0. The normalized spacial score (nSPS) is 26.2. The first-order chi connectivity index (χ1) is 9.88. The molecular formula is C17H26N2O. The van der Waals surface area contributed by atoms with Gasteiger partial charge in [-0.15, -0.1) is 0 Å². The molecule has 0 aromatic heterocycles. The number of ether oxygens (including phenoxy) is 1. The lowest BCUT2D eigenvalue weighted by Crippen LogP contribution is -2.47. The Kier molecular flexibility index (Phi) is 4.58. The van der Waals surface area contributed by atoms with Crippen molar-refractivity contribution in [1.29, 1.82) is 0 Å². The van der Waals surface area contributed by atoms with Crippen LogP contribution in [0.1, 0.15) is 37.7 Å². The Morgan fingerprint density at radius 3 is 3.10 bits per heavy atom. The molecule has 0 saturated carbocycles. The number of nitrogens with one attached hydrogen (secondary N) is 1. The van der Waals surface area contributed by atoms with Gasteiger partial charge in [-0.05, 0) is 32.0 Å². The van der Waals surface area contributed by atoms with E-state index in [1.165, 1.54) is 31.4 Å². The third-order valence-corrected chi connectivity index (χ3v) is 4.63. The van der Waals surface area contributed by atoms with Crippen LogP contribution in [-0.2, 0) is 0 Å². The highest BCUT2D eigenvalue weighted by Gasteiger charge is 2.29. The molecule has 2 unspecified atom stereocenters. The lowest BCUT2D eigenvalue weighted by Gasteiger charge is -2.37. The fourth-order valence-electron chi connectivity index (χ4n) is 3.51. The van der Waals surface area contributed by atoms with E-state index < -0.39 is 0 Å². The van der Waals surface area contributed by atoms with Crippen molar-refractivity contribution in [1.82, 2.24) is 10.2 Å². The SMILES string of the molecule is CCNCC1CCCCN1CC1COc2ccccc21. The Bertz CT molecular complexity index is 435. The molecule has 2 aliphatic heterocycles. The molecule has 0 spiro atoms. The predicted molar refractivity (Wildman–Crippen MR) is 82.4 cm³/mol. The van der Waals surface area contributed by atoms with Gasteiger partial charge in [0.1, 0.15) is 5.75 Å². The van der Waals surface area contributed by atoms with Crippen LogP contribution in [-0.4, -0.2) is 43.7 Å². The number of hydrogen-bond donors (Lipinski definition) is 1. The summed E-state index contributed by atoms with van der Waals surface area (Å²) < 4.78 is 5.83. The second-order valence-corrected chi connectivity index (χ2v) is 6.00. The number of likely N-dealkylation sites (N-methyl/N-ethyl adjacent to an activating group) is 1. The lowest BCUT2D eigenvalue weighted by molar-refractivity contribution is 0.131. The van der Waals surface area contributed by atoms with Crippen molar-refractivity contribution in [2.45, 2.75) is 38.1 Å². The molecule has 3 heteroatoms. The van der Waals surface area contributed by atoms with Gasteiger partial charge in [0.2, 0.25) is 0 Å². The molecule has 2 heterocycles. The van der Waals surface area contributed by atoms with Crippen molar-refractivity contribution in [3.63, 3.8) is 0 Å². The van der Waals surface area contributed by atoms with Gasteiger partial charge in [0, 0.05) is 30.6 Å². The van der Waals surface area contributed by atoms with E-state index in [0.29, 0.717) is 12.0 Å². The highest BCUT2D eigenvalue weighted by atomic mass is 16.5. The van der Waals surface area contributed by atoms with E-state index in [9.17, 15) is 0 Å². The first-order valence-electron chi connectivity index (χ1n) is 8.05. The summed E-state index contributed by atoms with van der Waals surface area (Å²) in [7, 11) is 0. The van der Waals surface area contributed by atoms with Gasteiger partial charge in [0.05, 0.1) is 6.61 Å². The zero-order chi connectivity index (χ0) is 13.8. The van der Waals surface area contributed by atoms with Crippen molar-refractivity contribution in [3.05, 3.63) is 29.8 Å². The maximum atomic E-state index is 5.83. The second-order valence-electron chi connectivity index (χ2n) is 6.00. The molecule has 20 heavy (non-hydrogen) atoms.